The zero-order valence-corrected chi connectivity index (χ0v) is 7.71. The van der Waals surface area contributed by atoms with E-state index in [0.717, 1.165) is 19.4 Å². The van der Waals surface area contributed by atoms with E-state index >= 15 is 0 Å². The average molecular weight is 168 g/mol. The van der Waals surface area contributed by atoms with Gasteiger partial charge in [0.2, 0.25) is 0 Å². The molecule has 0 saturated carbocycles. The van der Waals surface area contributed by atoms with Crippen molar-refractivity contribution in [3.05, 3.63) is 0 Å². The number of ether oxygens (including phenoxy) is 1. The average Bonchev–Trinajstić information content (AvgIpc) is 2.47. The molecule has 1 N–H and O–H groups in total. The molecule has 0 amide bonds. The van der Waals surface area contributed by atoms with Gasteiger partial charge in [-0.1, -0.05) is 6.92 Å². The maximum atomic E-state index is 8.81. The summed E-state index contributed by atoms with van der Waals surface area (Å²) in [6, 6.07) is 2.10. The number of hydrogen-bond acceptors (Lipinski definition) is 3. The first kappa shape index (κ1) is 9.50. The summed E-state index contributed by atoms with van der Waals surface area (Å²) in [6.45, 7) is 4.88. The molecule has 3 atom stereocenters. The van der Waals surface area contributed by atoms with E-state index in [1.54, 1.807) is 0 Å². The summed E-state index contributed by atoms with van der Waals surface area (Å²) in [6.07, 6.45) is 2.51. The molecular weight excluding hydrogens is 152 g/mol. The second-order valence-electron chi connectivity index (χ2n) is 3.23. The smallest absolute Gasteiger partial charge is 0.122 e. The zero-order valence-electron chi connectivity index (χ0n) is 7.71. The Hall–Kier alpha value is -0.590. The van der Waals surface area contributed by atoms with Crippen molar-refractivity contribution in [1.82, 2.24) is 5.32 Å². The fourth-order valence-electron chi connectivity index (χ4n) is 1.56. The molecule has 3 heteroatoms. The van der Waals surface area contributed by atoms with Crippen LogP contribution >= 0.6 is 0 Å². The van der Waals surface area contributed by atoms with E-state index in [9.17, 15) is 0 Å². The van der Waals surface area contributed by atoms with E-state index in [1.807, 2.05) is 6.92 Å². The number of nitrogens with zero attached hydrogens (tertiary/aromatic N) is 1. The van der Waals surface area contributed by atoms with Crippen LogP contribution in [0.15, 0.2) is 0 Å². The molecule has 1 aliphatic heterocycles. The third kappa shape index (κ3) is 2.20. The minimum atomic E-state index is -0.125. The molecule has 1 heterocycles. The molecule has 68 valence electrons. The van der Waals surface area contributed by atoms with Crippen LogP contribution in [0.3, 0.4) is 0 Å². The number of rotatable bonds is 3. The van der Waals surface area contributed by atoms with E-state index in [-0.39, 0.29) is 12.1 Å². The van der Waals surface area contributed by atoms with Gasteiger partial charge >= 0.3 is 0 Å². The van der Waals surface area contributed by atoms with E-state index in [1.165, 1.54) is 0 Å². The van der Waals surface area contributed by atoms with Gasteiger partial charge in [0.15, 0.2) is 0 Å². The highest BCUT2D eigenvalue weighted by Gasteiger charge is 2.28. The van der Waals surface area contributed by atoms with Crippen LogP contribution in [0.5, 0.6) is 0 Å². The molecule has 1 aliphatic rings. The largest absolute Gasteiger partial charge is 0.373 e. The van der Waals surface area contributed by atoms with Crippen LogP contribution in [-0.2, 0) is 4.74 Å². The highest BCUT2D eigenvalue weighted by Crippen LogP contribution is 2.21. The van der Waals surface area contributed by atoms with Gasteiger partial charge in [-0.05, 0) is 26.3 Å². The lowest BCUT2D eigenvalue weighted by Gasteiger charge is -2.17. The predicted molar refractivity (Wildman–Crippen MR) is 46.6 cm³/mol. The Morgan fingerprint density at radius 2 is 2.42 bits per heavy atom. The molecule has 0 aromatic heterocycles. The Balaban J connectivity index is 2.40. The van der Waals surface area contributed by atoms with Crippen molar-refractivity contribution in [2.24, 2.45) is 0 Å². The molecule has 0 aliphatic carbocycles. The first-order chi connectivity index (χ1) is 5.77. The van der Waals surface area contributed by atoms with Gasteiger partial charge in [-0.25, -0.2) is 0 Å². The number of nitrogens with one attached hydrogen (secondary N) is 1. The van der Waals surface area contributed by atoms with Gasteiger partial charge < -0.3 is 10.1 Å². The zero-order chi connectivity index (χ0) is 8.97. The maximum Gasteiger partial charge on any atom is 0.122 e. The van der Waals surface area contributed by atoms with Crippen molar-refractivity contribution in [2.45, 2.75) is 44.9 Å². The van der Waals surface area contributed by atoms with Gasteiger partial charge in [0.25, 0.3) is 0 Å². The van der Waals surface area contributed by atoms with E-state index in [2.05, 4.69) is 18.3 Å². The van der Waals surface area contributed by atoms with Crippen LogP contribution in [0.1, 0.15) is 26.7 Å². The molecule has 1 fully saturated rings. The third-order valence-electron chi connectivity index (χ3n) is 2.20. The molecule has 12 heavy (non-hydrogen) atoms. The molecule has 0 aromatic rings. The van der Waals surface area contributed by atoms with Crippen LogP contribution in [0.4, 0.5) is 0 Å². The molecule has 0 spiro atoms. The lowest BCUT2D eigenvalue weighted by atomic mass is 10.1. The lowest BCUT2D eigenvalue weighted by Crippen LogP contribution is -2.38. The summed E-state index contributed by atoms with van der Waals surface area (Å²) in [5, 5.41) is 11.9. The van der Waals surface area contributed by atoms with E-state index in [0.29, 0.717) is 6.10 Å². The summed E-state index contributed by atoms with van der Waals surface area (Å²) < 4.78 is 5.58. The van der Waals surface area contributed by atoms with Crippen molar-refractivity contribution >= 4 is 0 Å². The summed E-state index contributed by atoms with van der Waals surface area (Å²) >= 11 is 0. The lowest BCUT2D eigenvalue weighted by molar-refractivity contribution is 0.0436. The minimum Gasteiger partial charge on any atom is -0.373 e. The van der Waals surface area contributed by atoms with Gasteiger partial charge in [-0.3, -0.25) is 0 Å². The minimum absolute atomic E-state index is 0.102. The topological polar surface area (TPSA) is 45.0 Å². The first-order valence-corrected chi connectivity index (χ1v) is 4.56. The SMILES string of the molecule is CCNC(C#N)C1CCC(C)O1. The van der Waals surface area contributed by atoms with E-state index in [4.69, 9.17) is 10.00 Å². The molecular formula is C9H16N2O. The number of hydrogen-bond donors (Lipinski definition) is 1. The van der Waals surface area contributed by atoms with Crippen LogP contribution in [-0.4, -0.2) is 24.8 Å². The predicted octanol–water partition coefficient (Wildman–Crippen LogP) is 1.06. The van der Waals surface area contributed by atoms with Gasteiger partial charge in [0.1, 0.15) is 6.04 Å². The molecule has 0 bridgehead atoms. The van der Waals surface area contributed by atoms with Crippen LogP contribution < -0.4 is 5.32 Å². The first-order valence-electron chi connectivity index (χ1n) is 4.56. The number of nitriles is 1. The van der Waals surface area contributed by atoms with E-state index < -0.39 is 0 Å². The Bertz CT molecular complexity index is 176. The third-order valence-corrected chi connectivity index (χ3v) is 2.20. The molecule has 1 rings (SSSR count). The normalized spacial score (nSPS) is 31.4. The Kier molecular flexibility index (Phi) is 3.51. The van der Waals surface area contributed by atoms with Crippen LogP contribution in [0.25, 0.3) is 0 Å². The Morgan fingerprint density at radius 3 is 2.83 bits per heavy atom. The Labute approximate surface area is 73.7 Å². The molecule has 3 nitrogen and oxygen atoms in total. The molecule has 1 saturated heterocycles. The van der Waals surface area contributed by atoms with Gasteiger partial charge in [-0.15, -0.1) is 0 Å². The fourth-order valence-corrected chi connectivity index (χ4v) is 1.56. The van der Waals surface area contributed by atoms with Crippen molar-refractivity contribution in [2.75, 3.05) is 6.54 Å². The Morgan fingerprint density at radius 1 is 1.67 bits per heavy atom. The molecule has 0 radical (unpaired) electrons. The van der Waals surface area contributed by atoms with Crippen LogP contribution in [0, 0.1) is 11.3 Å². The number of likely N-dealkylation sites (N-methyl/N-ethyl adjacent to an activating group) is 1. The summed E-state index contributed by atoms with van der Waals surface area (Å²) in [5.74, 6) is 0. The monoisotopic (exact) mass is 168 g/mol. The van der Waals surface area contributed by atoms with Crippen molar-refractivity contribution < 1.29 is 4.74 Å². The molecule has 0 aromatic carbocycles. The summed E-state index contributed by atoms with van der Waals surface area (Å²) in [5.41, 5.74) is 0. The fraction of sp³-hybridized carbons (Fsp3) is 0.889. The quantitative estimate of drug-likeness (QED) is 0.685. The van der Waals surface area contributed by atoms with Gasteiger partial charge in [0.05, 0.1) is 18.3 Å². The van der Waals surface area contributed by atoms with Crippen molar-refractivity contribution in [1.29, 1.82) is 5.26 Å². The van der Waals surface area contributed by atoms with Crippen LogP contribution in [0.2, 0.25) is 0 Å². The standard InChI is InChI=1S/C9H16N2O/c1-3-11-8(6-10)9-5-4-7(2)12-9/h7-9,11H,3-5H2,1-2H3. The highest BCUT2D eigenvalue weighted by molar-refractivity contribution is 4.97. The summed E-state index contributed by atoms with van der Waals surface area (Å²) in [7, 11) is 0. The second-order valence-corrected chi connectivity index (χ2v) is 3.23. The van der Waals surface area contributed by atoms with Crippen molar-refractivity contribution in [3.8, 4) is 6.07 Å². The highest BCUT2D eigenvalue weighted by atomic mass is 16.5. The van der Waals surface area contributed by atoms with Crippen molar-refractivity contribution in [3.63, 3.8) is 0 Å². The summed E-state index contributed by atoms with van der Waals surface area (Å²) in [4.78, 5) is 0. The maximum absolute atomic E-state index is 8.81. The molecule has 3 unspecified atom stereocenters. The van der Waals surface area contributed by atoms with Gasteiger partial charge in [-0.2, -0.15) is 5.26 Å². The second kappa shape index (κ2) is 4.44. The van der Waals surface area contributed by atoms with Gasteiger partial charge in [0, 0.05) is 0 Å².